The van der Waals surface area contributed by atoms with E-state index >= 15 is 0 Å². The molecule has 1 amide bonds. The van der Waals surface area contributed by atoms with Crippen molar-refractivity contribution in [3.05, 3.63) is 34.3 Å². The van der Waals surface area contributed by atoms with E-state index < -0.39 is 5.60 Å². The minimum atomic E-state index is -0.447. The van der Waals surface area contributed by atoms with E-state index in [0.29, 0.717) is 0 Å². The van der Waals surface area contributed by atoms with E-state index in [1.807, 2.05) is 32.9 Å². The Kier molecular flexibility index (Phi) is 5.27. The van der Waals surface area contributed by atoms with Crippen molar-refractivity contribution >= 4 is 22.0 Å². The van der Waals surface area contributed by atoms with Crippen LogP contribution in [0.2, 0.25) is 0 Å². The lowest BCUT2D eigenvalue weighted by Crippen LogP contribution is -2.40. The maximum Gasteiger partial charge on any atom is 0.407 e. The van der Waals surface area contributed by atoms with Crippen molar-refractivity contribution in [2.24, 2.45) is 0 Å². The SMILES string of the molecule is CC(C)(C)OC(=O)NC1CCN(Cc2ccccc2Br)C1. The molecule has 0 spiro atoms. The highest BCUT2D eigenvalue weighted by molar-refractivity contribution is 9.10. The third-order valence-electron chi connectivity index (χ3n) is 3.35. The van der Waals surface area contributed by atoms with Crippen LogP contribution in [-0.2, 0) is 11.3 Å². The minimum Gasteiger partial charge on any atom is -0.444 e. The normalized spacial score (nSPS) is 19.5. The van der Waals surface area contributed by atoms with E-state index in [2.05, 4.69) is 38.3 Å². The summed E-state index contributed by atoms with van der Waals surface area (Å²) in [4.78, 5) is 14.1. The van der Waals surface area contributed by atoms with Gasteiger partial charge >= 0.3 is 6.09 Å². The Labute approximate surface area is 135 Å². The number of nitrogens with one attached hydrogen (secondary N) is 1. The van der Waals surface area contributed by atoms with Crippen LogP contribution in [0.1, 0.15) is 32.8 Å². The van der Waals surface area contributed by atoms with Crippen LogP contribution in [0.15, 0.2) is 28.7 Å². The summed E-state index contributed by atoms with van der Waals surface area (Å²) in [6.45, 7) is 8.37. The first kappa shape index (κ1) is 16.3. The van der Waals surface area contributed by atoms with E-state index in [9.17, 15) is 4.79 Å². The number of alkyl carbamates (subject to hydrolysis) is 1. The second kappa shape index (κ2) is 6.79. The van der Waals surface area contributed by atoms with Gasteiger partial charge in [-0.15, -0.1) is 0 Å². The monoisotopic (exact) mass is 354 g/mol. The van der Waals surface area contributed by atoms with Crippen LogP contribution < -0.4 is 5.32 Å². The average Bonchev–Trinajstić information content (AvgIpc) is 2.77. The van der Waals surface area contributed by atoms with E-state index in [-0.39, 0.29) is 12.1 Å². The topological polar surface area (TPSA) is 41.6 Å². The van der Waals surface area contributed by atoms with Gasteiger partial charge in [0.05, 0.1) is 0 Å². The van der Waals surface area contributed by atoms with E-state index in [4.69, 9.17) is 4.74 Å². The number of amides is 1. The molecule has 0 aromatic heterocycles. The first-order chi connectivity index (χ1) is 9.83. The molecule has 1 aliphatic rings. The summed E-state index contributed by atoms with van der Waals surface area (Å²) in [6, 6.07) is 8.42. The molecule has 0 bridgehead atoms. The van der Waals surface area contributed by atoms with Crippen LogP contribution in [0.5, 0.6) is 0 Å². The summed E-state index contributed by atoms with van der Waals surface area (Å²) in [5.41, 5.74) is 0.826. The summed E-state index contributed by atoms with van der Waals surface area (Å²) in [6.07, 6.45) is 0.638. The van der Waals surface area contributed by atoms with Gasteiger partial charge in [-0.2, -0.15) is 0 Å². The highest BCUT2D eigenvalue weighted by Gasteiger charge is 2.26. The maximum atomic E-state index is 11.8. The molecule has 0 saturated carbocycles. The predicted molar refractivity (Wildman–Crippen MR) is 87.2 cm³/mol. The van der Waals surface area contributed by atoms with Crippen LogP contribution in [-0.4, -0.2) is 35.7 Å². The van der Waals surface area contributed by atoms with Crippen LogP contribution in [0.3, 0.4) is 0 Å². The molecule has 4 nitrogen and oxygen atoms in total. The number of nitrogens with zero attached hydrogens (tertiary/aromatic N) is 1. The van der Waals surface area contributed by atoms with Gasteiger partial charge in [0, 0.05) is 30.1 Å². The number of hydrogen-bond donors (Lipinski definition) is 1. The molecule has 2 rings (SSSR count). The fraction of sp³-hybridized carbons (Fsp3) is 0.562. The van der Waals surface area contributed by atoms with Crippen molar-refractivity contribution in [2.45, 2.75) is 45.4 Å². The zero-order valence-electron chi connectivity index (χ0n) is 12.9. The molecule has 1 fully saturated rings. The Morgan fingerprint density at radius 1 is 1.43 bits per heavy atom. The van der Waals surface area contributed by atoms with Gasteiger partial charge in [0.25, 0.3) is 0 Å². The molecule has 1 aliphatic heterocycles. The number of benzene rings is 1. The fourth-order valence-corrected chi connectivity index (χ4v) is 2.85. The van der Waals surface area contributed by atoms with Gasteiger partial charge in [-0.25, -0.2) is 4.79 Å². The van der Waals surface area contributed by atoms with Crippen LogP contribution in [0.4, 0.5) is 4.79 Å². The molecule has 1 N–H and O–H groups in total. The number of hydrogen-bond acceptors (Lipinski definition) is 3. The second-order valence-corrected chi connectivity index (χ2v) is 7.31. The molecule has 1 aromatic rings. The molecular weight excluding hydrogens is 332 g/mol. The first-order valence-corrected chi connectivity index (χ1v) is 8.08. The van der Waals surface area contributed by atoms with E-state index in [1.54, 1.807) is 0 Å². The highest BCUT2D eigenvalue weighted by Crippen LogP contribution is 2.20. The largest absolute Gasteiger partial charge is 0.444 e. The number of halogens is 1. The Bertz CT molecular complexity index is 499. The molecule has 1 heterocycles. The van der Waals surface area contributed by atoms with Crippen molar-refractivity contribution in [3.63, 3.8) is 0 Å². The van der Waals surface area contributed by atoms with Gasteiger partial charge in [0.1, 0.15) is 5.60 Å². The Morgan fingerprint density at radius 2 is 2.14 bits per heavy atom. The summed E-state index contributed by atoms with van der Waals surface area (Å²) in [7, 11) is 0. The van der Waals surface area contributed by atoms with Crippen LogP contribution >= 0.6 is 15.9 Å². The number of rotatable bonds is 3. The number of carbonyl (C=O) groups excluding carboxylic acids is 1. The minimum absolute atomic E-state index is 0.169. The lowest BCUT2D eigenvalue weighted by molar-refractivity contribution is 0.0506. The van der Waals surface area contributed by atoms with Crippen molar-refractivity contribution < 1.29 is 9.53 Å². The standard InChI is InChI=1S/C16H23BrN2O2/c1-16(2,3)21-15(20)18-13-8-9-19(11-13)10-12-6-4-5-7-14(12)17/h4-7,13H,8-11H2,1-3H3,(H,18,20). The Morgan fingerprint density at radius 3 is 2.81 bits per heavy atom. The molecule has 1 aromatic carbocycles. The Balaban J connectivity index is 1.81. The predicted octanol–water partition coefficient (Wildman–Crippen LogP) is 3.55. The Hall–Kier alpha value is -1.07. The number of likely N-dealkylation sites (tertiary alicyclic amines) is 1. The van der Waals surface area contributed by atoms with Crippen LogP contribution in [0.25, 0.3) is 0 Å². The highest BCUT2D eigenvalue weighted by atomic mass is 79.9. The third kappa shape index (κ3) is 5.32. The van der Waals surface area contributed by atoms with Crippen molar-refractivity contribution in [1.82, 2.24) is 10.2 Å². The smallest absolute Gasteiger partial charge is 0.407 e. The number of ether oxygens (including phenoxy) is 1. The molecule has 0 radical (unpaired) electrons. The maximum absolute atomic E-state index is 11.8. The van der Waals surface area contributed by atoms with Gasteiger partial charge < -0.3 is 10.1 Å². The lowest BCUT2D eigenvalue weighted by Gasteiger charge is -2.22. The molecule has 21 heavy (non-hydrogen) atoms. The summed E-state index contributed by atoms with van der Waals surface area (Å²) < 4.78 is 6.43. The summed E-state index contributed by atoms with van der Waals surface area (Å²) >= 11 is 3.58. The fourth-order valence-electron chi connectivity index (χ4n) is 2.44. The molecule has 116 valence electrons. The molecule has 1 saturated heterocycles. The van der Waals surface area contributed by atoms with Crippen molar-refractivity contribution in [1.29, 1.82) is 0 Å². The van der Waals surface area contributed by atoms with E-state index in [1.165, 1.54) is 5.56 Å². The van der Waals surface area contributed by atoms with Crippen LogP contribution in [0, 0.1) is 0 Å². The zero-order valence-corrected chi connectivity index (χ0v) is 14.4. The first-order valence-electron chi connectivity index (χ1n) is 7.29. The summed E-state index contributed by atoms with van der Waals surface area (Å²) in [5, 5.41) is 2.95. The second-order valence-electron chi connectivity index (χ2n) is 6.46. The molecular formula is C16H23BrN2O2. The van der Waals surface area contributed by atoms with Gasteiger partial charge in [0.15, 0.2) is 0 Å². The molecule has 1 unspecified atom stereocenters. The average molecular weight is 355 g/mol. The van der Waals surface area contributed by atoms with Crippen molar-refractivity contribution in [3.8, 4) is 0 Å². The van der Waals surface area contributed by atoms with E-state index in [0.717, 1.165) is 30.5 Å². The van der Waals surface area contributed by atoms with Gasteiger partial charge in [-0.1, -0.05) is 34.1 Å². The van der Waals surface area contributed by atoms with Crippen molar-refractivity contribution in [2.75, 3.05) is 13.1 Å². The third-order valence-corrected chi connectivity index (χ3v) is 4.12. The van der Waals surface area contributed by atoms with Gasteiger partial charge in [-0.3, -0.25) is 4.90 Å². The summed E-state index contributed by atoms with van der Waals surface area (Å²) in [5.74, 6) is 0. The molecule has 1 atom stereocenters. The molecule has 5 heteroatoms. The van der Waals surface area contributed by atoms with Gasteiger partial charge in [0.2, 0.25) is 0 Å². The zero-order chi connectivity index (χ0) is 15.5. The lowest BCUT2D eigenvalue weighted by atomic mass is 10.2. The van der Waals surface area contributed by atoms with Gasteiger partial charge in [-0.05, 0) is 38.8 Å². The molecule has 0 aliphatic carbocycles. The quantitative estimate of drug-likeness (QED) is 0.902. The number of carbonyl (C=O) groups is 1.